The topological polar surface area (TPSA) is 67.4 Å². The standard InChI is InChI=1S/C17H18N2O3/c1-12-7-3-5-9-14(12)17(21)19-18-16(20)11-13-8-4-6-10-15(13)22-2/h3-10H,11H2,1-2H3,(H,18,20)(H,19,21). The van der Waals surface area contributed by atoms with Crippen LogP contribution in [-0.2, 0) is 11.2 Å². The van der Waals surface area contributed by atoms with Gasteiger partial charge in [0.25, 0.3) is 5.91 Å². The number of para-hydroxylation sites is 1. The third-order valence-corrected chi connectivity index (χ3v) is 3.25. The maximum absolute atomic E-state index is 12.0. The zero-order chi connectivity index (χ0) is 15.9. The summed E-state index contributed by atoms with van der Waals surface area (Å²) < 4.78 is 5.19. The van der Waals surface area contributed by atoms with E-state index in [-0.39, 0.29) is 18.2 Å². The second-order valence-electron chi connectivity index (χ2n) is 4.81. The van der Waals surface area contributed by atoms with Gasteiger partial charge in [-0.1, -0.05) is 36.4 Å². The summed E-state index contributed by atoms with van der Waals surface area (Å²) in [7, 11) is 1.55. The second-order valence-corrected chi connectivity index (χ2v) is 4.81. The second kappa shape index (κ2) is 7.26. The average Bonchev–Trinajstić information content (AvgIpc) is 2.53. The number of carbonyl (C=O) groups excluding carboxylic acids is 2. The molecule has 2 N–H and O–H groups in total. The fraction of sp³-hybridized carbons (Fsp3) is 0.176. The van der Waals surface area contributed by atoms with Crippen molar-refractivity contribution in [3.05, 3.63) is 65.2 Å². The Morgan fingerprint density at radius 1 is 1.00 bits per heavy atom. The third kappa shape index (κ3) is 3.85. The first-order chi connectivity index (χ1) is 10.6. The van der Waals surface area contributed by atoms with Crippen molar-refractivity contribution in [3.8, 4) is 5.75 Å². The molecular formula is C17H18N2O3. The van der Waals surface area contributed by atoms with Gasteiger partial charge in [0.05, 0.1) is 13.5 Å². The fourth-order valence-corrected chi connectivity index (χ4v) is 2.09. The van der Waals surface area contributed by atoms with E-state index >= 15 is 0 Å². The van der Waals surface area contributed by atoms with Crippen molar-refractivity contribution in [1.29, 1.82) is 0 Å². The van der Waals surface area contributed by atoms with Crippen molar-refractivity contribution in [2.24, 2.45) is 0 Å². The molecule has 5 nitrogen and oxygen atoms in total. The van der Waals surface area contributed by atoms with Crippen LogP contribution in [0, 0.1) is 6.92 Å². The van der Waals surface area contributed by atoms with E-state index in [4.69, 9.17) is 4.74 Å². The van der Waals surface area contributed by atoms with Crippen LogP contribution >= 0.6 is 0 Å². The minimum Gasteiger partial charge on any atom is -0.496 e. The van der Waals surface area contributed by atoms with Gasteiger partial charge in [-0.05, 0) is 24.6 Å². The Kier molecular flexibility index (Phi) is 5.14. The molecule has 0 heterocycles. The number of hydrogen-bond donors (Lipinski definition) is 2. The molecule has 114 valence electrons. The van der Waals surface area contributed by atoms with Crippen molar-refractivity contribution in [3.63, 3.8) is 0 Å². The molecule has 0 aliphatic rings. The molecule has 2 amide bonds. The third-order valence-electron chi connectivity index (χ3n) is 3.25. The van der Waals surface area contributed by atoms with Gasteiger partial charge in [0.15, 0.2) is 0 Å². The van der Waals surface area contributed by atoms with E-state index < -0.39 is 0 Å². The normalized spacial score (nSPS) is 9.91. The first-order valence-electron chi connectivity index (χ1n) is 6.88. The van der Waals surface area contributed by atoms with Gasteiger partial charge in [0.1, 0.15) is 5.75 Å². The minimum absolute atomic E-state index is 0.123. The molecular weight excluding hydrogens is 280 g/mol. The van der Waals surface area contributed by atoms with Gasteiger partial charge in [-0.15, -0.1) is 0 Å². The molecule has 0 aliphatic heterocycles. The summed E-state index contributed by atoms with van der Waals surface area (Å²) in [5, 5.41) is 0. The molecule has 0 spiro atoms. The lowest BCUT2D eigenvalue weighted by Gasteiger charge is -2.10. The minimum atomic E-state index is -0.341. The maximum atomic E-state index is 12.0. The van der Waals surface area contributed by atoms with Crippen LogP contribution in [0.15, 0.2) is 48.5 Å². The lowest BCUT2D eigenvalue weighted by atomic mass is 10.1. The number of aryl methyl sites for hydroxylation is 1. The van der Waals surface area contributed by atoms with E-state index in [0.29, 0.717) is 11.3 Å². The summed E-state index contributed by atoms with van der Waals surface area (Å²) in [6.07, 6.45) is 0.123. The Morgan fingerprint density at radius 2 is 1.68 bits per heavy atom. The predicted octanol–water partition coefficient (Wildman–Crippen LogP) is 2.01. The molecule has 2 aromatic carbocycles. The van der Waals surface area contributed by atoms with Crippen LogP contribution in [0.25, 0.3) is 0 Å². The maximum Gasteiger partial charge on any atom is 0.269 e. The van der Waals surface area contributed by atoms with E-state index in [2.05, 4.69) is 10.9 Å². The summed E-state index contributed by atoms with van der Waals surface area (Å²) in [6.45, 7) is 1.84. The van der Waals surface area contributed by atoms with Crippen molar-refractivity contribution in [1.82, 2.24) is 10.9 Å². The Labute approximate surface area is 129 Å². The first kappa shape index (κ1) is 15.6. The van der Waals surface area contributed by atoms with Gasteiger partial charge < -0.3 is 4.74 Å². The summed E-state index contributed by atoms with van der Waals surface area (Å²) in [6, 6.07) is 14.4. The number of benzene rings is 2. The fourth-order valence-electron chi connectivity index (χ4n) is 2.09. The SMILES string of the molecule is COc1ccccc1CC(=O)NNC(=O)c1ccccc1C. The summed E-state index contributed by atoms with van der Waals surface area (Å²) >= 11 is 0. The highest BCUT2D eigenvalue weighted by Gasteiger charge is 2.11. The molecule has 0 bridgehead atoms. The lowest BCUT2D eigenvalue weighted by molar-refractivity contribution is -0.121. The van der Waals surface area contributed by atoms with E-state index in [0.717, 1.165) is 11.1 Å². The predicted molar refractivity (Wildman–Crippen MR) is 83.5 cm³/mol. The summed E-state index contributed by atoms with van der Waals surface area (Å²) in [5.74, 6) is -0.0132. The van der Waals surface area contributed by atoms with Crippen LogP contribution in [0.3, 0.4) is 0 Å². The lowest BCUT2D eigenvalue weighted by Crippen LogP contribution is -2.42. The van der Waals surface area contributed by atoms with Crippen LogP contribution in [-0.4, -0.2) is 18.9 Å². The number of amides is 2. The smallest absolute Gasteiger partial charge is 0.269 e. The summed E-state index contributed by atoms with van der Waals surface area (Å²) in [5.41, 5.74) is 6.96. The van der Waals surface area contributed by atoms with E-state index in [1.807, 2.05) is 37.3 Å². The van der Waals surface area contributed by atoms with Gasteiger partial charge >= 0.3 is 0 Å². The van der Waals surface area contributed by atoms with Crippen molar-refractivity contribution in [2.45, 2.75) is 13.3 Å². The monoisotopic (exact) mass is 298 g/mol. The average molecular weight is 298 g/mol. The van der Waals surface area contributed by atoms with Gasteiger partial charge in [0, 0.05) is 11.1 Å². The number of rotatable bonds is 4. The molecule has 0 atom stereocenters. The molecule has 22 heavy (non-hydrogen) atoms. The zero-order valence-corrected chi connectivity index (χ0v) is 12.6. The first-order valence-corrected chi connectivity index (χ1v) is 6.88. The molecule has 2 rings (SSSR count). The van der Waals surface area contributed by atoms with Crippen molar-refractivity contribution >= 4 is 11.8 Å². The van der Waals surface area contributed by atoms with Crippen LogP contribution in [0.1, 0.15) is 21.5 Å². The van der Waals surface area contributed by atoms with Crippen LogP contribution in [0.2, 0.25) is 0 Å². The molecule has 0 aliphatic carbocycles. The van der Waals surface area contributed by atoms with Gasteiger partial charge in [-0.3, -0.25) is 20.4 Å². The van der Waals surface area contributed by atoms with Gasteiger partial charge in [0.2, 0.25) is 5.91 Å². The quantitative estimate of drug-likeness (QED) is 0.848. The van der Waals surface area contributed by atoms with E-state index in [9.17, 15) is 9.59 Å². The molecule has 2 aromatic rings. The van der Waals surface area contributed by atoms with E-state index in [1.54, 1.807) is 25.3 Å². The Morgan fingerprint density at radius 3 is 2.41 bits per heavy atom. The van der Waals surface area contributed by atoms with Crippen LogP contribution < -0.4 is 15.6 Å². The Bertz CT molecular complexity index is 683. The highest BCUT2D eigenvalue weighted by atomic mass is 16.5. The number of carbonyl (C=O) groups is 2. The largest absolute Gasteiger partial charge is 0.496 e. The number of nitrogens with one attached hydrogen (secondary N) is 2. The van der Waals surface area contributed by atoms with E-state index in [1.165, 1.54) is 0 Å². The molecule has 0 fully saturated rings. The van der Waals surface area contributed by atoms with Crippen molar-refractivity contribution in [2.75, 3.05) is 7.11 Å². The molecule has 0 saturated carbocycles. The Hall–Kier alpha value is -2.82. The highest BCUT2D eigenvalue weighted by Crippen LogP contribution is 2.17. The zero-order valence-electron chi connectivity index (χ0n) is 12.6. The van der Waals surface area contributed by atoms with Crippen LogP contribution in [0.5, 0.6) is 5.75 Å². The number of methoxy groups -OCH3 is 1. The molecule has 0 saturated heterocycles. The number of hydrogen-bond acceptors (Lipinski definition) is 3. The van der Waals surface area contributed by atoms with Gasteiger partial charge in [-0.25, -0.2) is 0 Å². The van der Waals surface area contributed by atoms with Gasteiger partial charge in [-0.2, -0.15) is 0 Å². The molecule has 0 aromatic heterocycles. The molecule has 0 radical (unpaired) electrons. The Balaban J connectivity index is 1.93. The van der Waals surface area contributed by atoms with Crippen molar-refractivity contribution < 1.29 is 14.3 Å². The molecule has 5 heteroatoms. The number of ether oxygens (including phenoxy) is 1. The van der Waals surface area contributed by atoms with Crippen LogP contribution in [0.4, 0.5) is 0 Å². The summed E-state index contributed by atoms with van der Waals surface area (Å²) in [4.78, 5) is 23.9. The molecule has 0 unspecified atom stereocenters. The highest BCUT2D eigenvalue weighted by molar-refractivity contribution is 5.96. The number of hydrazine groups is 1.